The van der Waals surface area contributed by atoms with Gasteiger partial charge in [0.15, 0.2) is 0 Å². The molecule has 0 spiro atoms. The summed E-state index contributed by atoms with van der Waals surface area (Å²) >= 11 is 0. The molecule has 1 heterocycles. The molecule has 1 aliphatic rings. The highest BCUT2D eigenvalue weighted by Crippen LogP contribution is 2.06. The quantitative estimate of drug-likeness (QED) is 0.545. The second-order valence-electron chi connectivity index (χ2n) is 3.01. The van der Waals surface area contributed by atoms with E-state index < -0.39 is 10.0 Å². The Labute approximate surface area is 67.8 Å². The van der Waals surface area contributed by atoms with E-state index in [1.807, 2.05) is 11.9 Å². The molecule has 1 saturated heterocycles. The molecular formula is C6H14N2O2S. The zero-order valence-electron chi connectivity index (χ0n) is 6.95. The average Bonchev–Trinajstić information content (AvgIpc) is 1.86. The van der Waals surface area contributed by atoms with E-state index in [0.717, 1.165) is 13.0 Å². The molecule has 5 heteroatoms. The van der Waals surface area contributed by atoms with Crippen LogP contribution in [0.1, 0.15) is 6.42 Å². The minimum absolute atomic E-state index is 0.541. The maximum atomic E-state index is 11.0. The molecule has 0 amide bonds. The molecule has 0 N–H and O–H groups in total. The van der Waals surface area contributed by atoms with Gasteiger partial charge >= 0.3 is 0 Å². The Kier molecular flexibility index (Phi) is 2.51. The normalized spacial score (nSPS) is 23.8. The van der Waals surface area contributed by atoms with Gasteiger partial charge in [0.25, 0.3) is 0 Å². The van der Waals surface area contributed by atoms with Crippen molar-refractivity contribution in [2.24, 2.45) is 0 Å². The topological polar surface area (TPSA) is 40.6 Å². The summed E-state index contributed by atoms with van der Waals surface area (Å²) in [5, 5.41) is 0. The van der Waals surface area contributed by atoms with Gasteiger partial charge in [-0.3, -0.25) is 4.90 Å². The lowest BCUT2D eigenvalue weighted by Crippen LogP contribution is -2.45. The van der Waals surface area contributed by atoms with Crippen molar-refractivity contribution in [3.05, 3.63) is 0 Å². The SMILES string of the molecule is CN1CCCN(S(C)(=O)=O)C1. The van der Waals surface area contributed by atoms with Crippen molar-refractivity contribution in [3.63, 3.8) is 0 Å². The lowest BCUT2D eigenvalue weighted by Gasteiger charge is -2.31. The molecule has 0 aliphatic carbocycles. The first-order chi connectivity index (χ1) is 5.00. The minimum atomic E-state index is -2.97. The highest BCUT2D eigenvalue weighted by Gasteiger charge is 2.21. The summed E-state index contributed by atoms with van der Waals surface area (Å²) in [6.07, 6.45) is 2.19. The third-order valence-corrected chi connectivity index (χ3v) is 3.05. The molecule has 11 heavy (non-hydrogen) atoms. The van der Waals surface area contributed by atoms with Gasteiger partial charge in [0.1, 0.15) is 0 Å². The van der Waals surface area contributed by atoms with Crippen LogP contribution in [0.2, 0.25) is 0 Å². The second kappa shape index (κ2) is 3.08. The Morgan fingerprint density at radius 3 is 2.27 bits per heavy atom. The fourth-order valence-electron chi connectivity index (χ4n) is 1.20. The molecule has 66 valence electrons. The van der Waals surface area contributed by atoms with Crippen LogP contribution in [0, 0.1) is 0 Å². The van der Waals surface area contributed by atoms with Crippen LogP contribution in [-0.4, -0.2) is 50.7 Å². The lowest BCUT2D eigenvalue weighted by molar-refractivity contribution is 0.179. The zero-order valence-corrected chi connectivity index (χ0v) is 7.76. The molecule has 1 fully saturated rings. The first kappa shape index (κ1) is 8.96. The zero-order chi connectivity index (χ0) is 8.48. The van der Waals surface area contributed by atoms with Gasteiger partial charge in [-0.15, -0.1) is 0 Å². The van der Waals surface area contributed by atoms with E-state index in [-0.39, 0.29) is 0 Å². The third kappa shape index (κ3) is 2.43. The smallest absolute Gasteiger partial charge is 0.212 e. The van der Waals surface area contributed by atoms with Crippen LogP contribution in [0.5, 0.6) is 0 Å². The first-order valence-corrected chi connectivity index (χ1v) is 5.48. The average molecular weight is 178 g/mol. The van der Waals surface area contributed by atoms with E-state index in [1.165, 1.54) is 10.6 Å². The van der Waals surface area contributed by atoms with Crippen molar-refractivity contribution in [3.8, 4) is 0 Å². The lowest BCUT2D eigenvalue weighted by atomic mass is 10.3. The van der Waals surface area contributed by atoms with Crippen LogP contribution in [0.4, 0.5) is 0 Å². The maximum Gasteiger partial charge on any atom is 0.212 e. The van der Waals surface area contributed by atoms with Crippen LogP contribution in [0.3, 0.4) is 0 Å². The molecule has 0 radical (unpaired) electrons. The molecule has 1 aliphatic heterocycles. The minimum Gasteiger partial charge on any atom is -0.293 e. The summed E-state index contributed by atoms with van der Waals surface area (Å²) in [5.41, 5.74) is 0. The van der Waals surface area contributed by atoms with Gasteiger partial charge in [-0.05, 0) is 13.5 Å². The summed E-state index contributed by atoms with van der Waals surface area (Å²) in [6, 6.07) is 0. The summed E-state index contributed by atoms with van der Waals surface area (Å²) in [6.45, 7) is 2.20. The van der Waals surface area contributed by atoms with Crippen molar-refractivity contribution in [2.45, 2.75) is 6.42 Å². The van der Waals surface area contributed by atoms with Crippen LogP contribution in [-0.2, 0) is 10.0 Å². The molecule has 0 atom stereocenters. The van der Waals surface area contributed by atoms with Gasteiger partial charge in [0.05, 0.1) is 12.9 Å². The Hall–Kier alpha value is -0.130. The van der Waals surface area contributed by atoms with Crippen LogP contribution >= 0.6 is 0 Å². The van der Waals surface area contributed by atoms with Crippen molar-refractivity contribution >= 4 is 10.0 Å². The number of rotatable bonds is 1. The molecule has 0 bridgehead atoms. The fourth-order valence-corrected chi connectivity index (χ4v) is 2.07. The summed E-state index contributed by atoms with van der Waals surface area (Å²) < 4.78 is 23.6. The Morgan fingerprint density at radius 1 is 1.27 bits per heavy atom. The predicted molar refractivity (Wildman–Crippen MR) is 43.7 cm³/mol. The number of hydrogen-bond donors (Lipinski definition) is 0. The summed E-state index contributed by atoms with van der Waals surface area (Å²) in [5.74, 6) is 0. The van der Waals surface area contributed by atoms with Gasteiger partial charge in [-0.1, -0.05) is 0 Å². The highest BCUT2D eigenvalue weighted by molar-refractivity contribution is 7.88. The Morgan fingerprint density at radius 2 is 1.91 bits per heavy atom. The predicted octanol–water partition coefficient (Wildman–Crippen LogP) is -0.459. The van der Waals surface area contributed by atoms with Crippen molar-refractivity contribution in [1.29, 1.82) is 0 Å². The Balaban J connectivity index is 2.60. The molecule has 0 aromatic heterocycles. The van der Waals surface area contributed by atoms with Crippen molar-refractivity contribution in [1.82, 2.24) is 9.21 Å². The molecule has 0 unspecified atom stereocenters. The molecule has 1 rings (SSSR count). The van der Waals surface area contributed by atoms with E-state index in [1.54, 1.807) is 0 Å². The van der Waals surface area contributed by atoms with E-state index >= 15 is 0 Å². The standard InChI is InChI=1S/C6H14N2O2S/c1-7-4-3-5-8(6-7)11(2,9)10/h3-6H2,1-2H3. The van der Waals surface area contributed by atoms with Gasteiger partial charge in [0.2, 0.25) is 10.0 Å². The van der Waals surface area contributed by atoms with Gasteiger partial charge in [0, 0.05) is 13.1 Å². The van der Waals surface area contributed by atoms with Crippen LogP contribution < -0.4 is 0 Å². The fraction of sp³-hybridized carbons (Fsp3) is 1.00. The van der Waals surface area contributed by atoms with Crippen LogP contribution in [0.25, 0.3) is 0 Å². The Bertz CT molecular complexity index is 225. The highest BCUT2D eigenvalue weighted by atomic mass is 32.2. The molecule has 4 nitrogen and oxygen atoms in total. The van der Waals surface area contributed by atoms with Crippen molar-refractivity contribution in [2.75, 3.05) is 33.1 Å². The molecule has 0 aromatic carbocycles. The molecular weight excluding hydrogens is 164 g/mol. The van der Waals surface area contributed by atoms with Gasteiger partial charge in [-0.25, -0.2) is 8.42 Å². The van der Waals surface area contributed by atoms with E-state index in [9.17, 15) is 8.42 Å². The number of hydrogen-bond acceptors (Lipinski definition) is 3. The number of nitrogens with zero attached hydrogens (tertiary/aromatic N) is 2. The maximum absolute atomic E-state index is 11.0. The van der Waals surface area contributed by atoms with Crippen molar-refractivity contribution < 1.29 is 8.42 Å². The second-order valence-corrected chi connectivity index (χ2v) is 5.00. The largest absolute Gasteiger partial charge is 0.293 e. The first-order valence-electron chi connectivity index (χ1n) is 3.64. The number of sulfonamides is 1. The summed E-state index contributed by atoms with van der Waals surface area (Å²) in [7, 11) is -1.04. The summed E-state index contributed by atoms with van der Waals surface area (Å²) in [4.78, 5) is 2.00. The van der Waals surface area contributed by atoms with Gasteiger partial charge < -0.3 is 0 Å². The molecule has 0 aromatic rings. The van der Waals surface area contributed by atoms with Crippen LogP contribution in [0.15, 0.2) is 0 Å². The van der Waals surface area contributed by atoms with E-state index in [4.69, 9.17) is 0 Å². The van der Waals surface area contributed by atoms with Gasteiger partial charge in [-0.2, -0.15) is 4.31 Å². The third-order valence-electron chi connectivity index (χ3n) is 1.82. The van der Waals surface area contributed by atoms with E-state index in [0.29, 0.717) is 13.2 Å². The van der Waals surface area contributed by atoms with E-state index in [2.05, 4.69) is 0 Å². The monoisotopic (exact) mass is 178 g/mol. The molecule has 0 saturated carbocycles.